The van der Waals surface area contributed by atoms with Crippen LogP contribution in [0.15, 0.2) is 0 Å². The number of rotatable bonds is 5. The Morgan fingerprint density at radius 3 is 2.40 bits per heavy atom. The summed E-state index contributed by atoms with van der Waals surface area (Å²) in [4.78, 5) is 10.9. The highest BCUT2D eigenvalue weighted by Gasteiger charge is 2.05. The summed E-state index contributed by atoms with van der Waals surface area (Å²) in [6, 6.07) is 0. The second-order valence-corrected chi connectivity index (χ2v) is 2.77. The van der Waals surface area contributed by atoms with Crippen molar-refractivity contribution < 1.29 is 9.18 Å². The van der Waals surface area contributed by atoms with Crippen molar-refractivity contribution in [1.82, 2.24) is 0 Å². The molecule has 2 heteroatoms. The Bertz CT molecular complexity index is 99.4. The first-order valence-corrected chi connectivity index (χ1v) is 3.77. The van der Waals surface area contributed by atoms with E-state index in [2.05, 4.69) is 0 Å². The molecule has 0 unspecified atom stereocenters. The zero-order valence-electron chi connectivity index (χ0n) is 6.69. The fourth-order valence-corrected chi connectivity index (χ4v) is 0.682. The van der Waals surface area contributed by atoms with Gasteiger partial charge in [-0.2, -0.15) is 0 Å². The molecule has 0 aromatic heterocycles. The minimum absolute atomic E-state index is 0.111. The van der Waals surface area contributed by atoms with Gasteiger partial charge in [0.15, 0.2) is 0 Å². The van der Waals surface area contributed by atoms with Crippen LogP contribution in [0.3, 0.4) is 0 Å². The van der Waals surface area contributed by atoms with Crippen LogP contribution in [0, 0.1) is 5.92 Å². The molecule has 0 aliphatic carbocycles. The number of Topliss-reactive ketones (excluding diaryl/α,β-unsaturated/α-hetero) is 1. The van der Waals surface area contributed by atoms with E-state index < -0.39 is 0 Å². The van der Waals surface area contributed by atoms with Crippen LogP contribution in [-0.4, -0.2) is 12.5 Å². The van der Waals surface area contributed by atoms with Gasteiger partial charge in [-0.25, -0.2) is 0 Å². The molecule has 0 radical (unpaired) electrons. The summed E-state index contributed by atoms with van der Waals surface area (Å²) in [6.07, 6.45) is 1.77. The number of halogens is 1. The van der Waals surface area contributed by atoms with Crippen LogP contribution in [0.25, 0.3) is 0 Å². The molecule has 10 heavy (non-hydrogen) atoms. The van der Waals surface area contributed by atoms with Crippen LogP contribution in [-0.2, 0) is 4.79 Å². The van der Waals surface area contributed by atoms with Gasteiger partial charge in [0.05, 0.1) is 6.67 Å². The number of hydrogen-bond donors (Lipinski definition) is 0. The third-order valence-corrected chi connectivity index (χ3v) is 1.45. The number of carbonyl (C=O) groups excluding carboxylic acids is 1. The summed E-state index contributed by atoms with van der Waals surface area (Å²) in [5, 5.41) is 0. The fraction of sp³-hybridized carbons (Fsp3) is 0.875. The zero-order chi connectivity index (χ0) is 7.98. The van der Waals surface area contributed by atoms with Gasteiger partial charge in [-0.1, -0.05) is 13.8 Å². The van der Waals surface area contributed by atoms with Gasteiger partial charge >= 0.3 is 0 Å². The summed E-state index contributed by atoms with van der Waals surface area (Å²) < 4.78 is 11.5. The molecule has 1 nitrogen and oxygen atoms in total. The lowest BCUT2D eigenvalue weighted by molar-refractivity contribution is -0.122. The quantitative estimate of drug-likeness (QED) is 0.544. The van der Waals surface area contributed by atoms with Crippen molar-refractivity contribution in [3.63, 3.8) is 0 Å². The van der Waals surface area contributed by atoms with E-state index in [1.165, 1.54) is 0 Å². The minimum Gasteiger partial charge on any atom is -0.299 e. The predicted molar refractivity (Wildman–Crippen MR) is 39.7 cm³/mol. The van der Waals surface area contributed by atoms with Crippen molar-refractivity contribution >= 4 is 5.78 Å². The Labute approximate surface area is 61.6 Å². The first kappa shape index (κ1) is 9.60. The average Bonchev–Trinajstić information content (AvgIpc) is 1.88. The third-order valence-electron chi connectivity index (χ3n) is 1.45. The van der Waals surface area contributed by atoms with Crippen LogP contribution in [0.2, 0.25) is 0 Å². The van der Waals surface area contributed by atoms with Gasteiger partial charge in [-0.15, -0.1) is 0 Å². The molecule has 60 valence electrons. The number of hydrogen-bond acceptors (Lipinski definition) is 1. The highest BCUT2D eigenvalue weighted by Crippen LogP contribution is 2.03. The van der Waals surface area contributed by atoms with E-state index in [0.29, 0.717) is 19.3 Å². The van der Waals surface area contributed by atoms with Crippen LogP contribution in [0.1, 0.15) is 33.1 Å². The lowest BCUT2D eigenvalue weighted by Crippen LogP contribution is -2.06. The first-order valence-electron chi connectivity index (χ1n) is 3.77. The lowest BCUT2D eigenvalue weighted by atomic mass is 10.0. The predicted octanol–water partition coefficient (Wildman–Crippen LogP) is 2.35. The molecule has 0 amide bonds. The fourth-order valence-electron chi connectivity index (χ4n) is 0.682. The van der Waals surface area contributed by atoms with Crippen molar-refractivity contribution in [2.45, 2.75) is 33.1 Å². The molecule has 0 aromatic rings. The summed E-state index contributed by atoms with van der Waals surface area (Å²) in [5.74, 6) is 0.355. The SMILES string of the molecule is CC(C)C(=O)CCCCF. The summed E-state index contributed by atoms with van der Waals surface area (Å²) in [5.41, 5.74) is 0. The Hall–Kier alpha value is -0.400. The van der Waals surface area contributed by atoms with Crippen molar-refractivity contribution in [1.29, 1.82) is 0 Å². The molecule has 0 aliphatic rings. The molecule has 0 bridgehead atoms. The van der Waals surface area contributed by atoms with E-state index in [1.54, 1.807) is 0 Å². The standard InChI is InChI=1S/C8H15FO/c1-7(2)8(10)5-3-4-6-9/h7H,3-6H2,1-2H3. The monoisotopic (exact) mass is 146 g/mol. The molecule has 0 heterocycles. The first-order chi connectivity index (χ1) is 4.68. The second kappa shape index (κ2) is 5.39. The molecule has 0 rings (SSSR count). The Kier molecular flexibility index (Phi) is 5.17. The topological polar surface area (TPSA) is 17.1 Å². The average molecular weight is 146 g/mol. The number of unbranched alkanes of at least 4 members (excludes halogenated alkanes) is 1. The smallest absolute Gasteiger partial charge is 0.135 e. The highest BCUT2D eigenvalue weighted by molar-refractivity contribution is 5.80. The molecular formula is C8H15FO. The second-order valence-electron chi connectivity index (χ2n) is 2.77. The molecule has 0 fully saturated rings. The number of alkyl halides is 1. The molecule has 0 atom stereocenters. The van der Waals surface area contributed by atoms with E-state index in [9.17, 15) is 9.18 Å². The van der Waals surface area contributed by atoms with Crippen LogP contribution in [0.4, 0.5) is 4.39 Å². The molecule has 0 saturated carbocycles. The Morgan fingerprint density at radius 2 is 2.00 bits per heavy atom. The maximum Gasteiger partial charge on any atom is 0.135 e. The molecule has 0 saturated heterocycles. The Balaban J connectivity index is 3.22. The maximum atomic E-state index is 11.5. The van der Waals surface area contributed by atoms with Gasteiger partial charge in [0, 0.05) is 12.3 Å². The number of ketones is 1. The molecule has 0 aliphatic heterocycles. The van der Waals surface area contributed by atoms with Gasteiger partial charge in [0.2, 0.25) is 0 Å². The van der Waals surface area contributed by atoms with Crippen molar-refractivity contribution in [3.8, 4) is 0 Å². The lowest BCUT2D eigenvalue weighted by Gasteiger charge is -2.01. The van der Waals surface area contributed by atoms with Gasteiger partial charge in [-0.05, 0) is 12.8 Å². The van der Waals surface area contributed by atoms with Gasteiger partial charge in [0.25, 0.3) is 0 Å². The normalized spacial score (nSPS) is 10.4. The molecule has 0 aromatic carbocycles. The van der Waals surface area contributed by atoms with Crippen LogP contribution >= 0.6 is 0 Å². The molecule has 0 N–H and O–H groups in total. The van der Waals surface area contributed by atoms with Crippen molar-refractivity contribution in [3.05, 3.63) is 0 Å². The van der Waals surface area contributed by atoms with Gasteiger partial charge in [0.1, 0.15) is 5.78 Å². The molecular weight excluding hydrogens is 131 g/mol. The van der Waals surface area contributed by atoms with Crippen molar-refractivity contribution in [2.75, 3.05) is 6.67 Å². The van der Waals surface area contributed by atoms with Gasteiger partial charge in [-0.3, -0.25) is 9.18 Å². The summed E-state index contributed by atoms with van der Waals surface area (Å²) >= 11 is 0. The summed E-state index contributed by atoms with van der Waals surface area (Å²) in [6.45, 7) is 3.45. The third kappa shape index (κ3) is 4.48. The number of carbonyl (C=O) groups is 1. The van der Waals surface area contributed by atoms with Crippen LogP contribution < -0.4 is 0 Å². The molecule has 0 spiro atoms. The van der Waals surface area contributed by atoms with E-state index in [1.807, 2.05) is 13.8 Å². The van der Waals surface area contributed by atoms with E-state index in [0.717, 1.165) is 0 Å². The largest absolute Gasteiger partial charge is 0.299 e. The van der Waals surface area contributed by atoms with Gasteiger partial charge < -0.3 is 0 Å². The van der Waals surface area contributed by atoms with Crippen LogP contribution in [0.5, 0.6) is 0 Å². The minimum atomic E-state index is -0.300. The van der Waals surface area contributed by atoms with E-state index >= 15 is 0 Å². The van der Waals surface area contributed by atoms with E-state index in [4.69, 9.17) is 0 Å². The maximum absolute atomic E-state index is 11.5. The van der Waals surface area contributed by atoms with E-state index in [-0.39, 0.29) is 18.4 Å². The summed E-state index contributed by atoms with van der Waals surface area (Å²) in [7, 11) is 0. The zero-order valence-corrected chi connectivity index (χ0v) is 6.69. The van der Waals surface area contributed by atoms with Crippen molar-refractivity contribution in [2.24, 2.45) is 5.92 Å². The Morgan fingerprint density at radius 1 is 1.40 bits per heavy atom. The highest BCUT2D eigenvalue weighted by atomic mass is 19.1.